The van der Waals surface area contributed by atoms with Crippen LogP contribution in [0.15, 0.2) is 41.7 Å². The summed E-state index contributed by atoms with van der Waals surface area (Å²) in [7, 11) is 0. The summed E-state index contributed by atoms with van der Waals surface area (Å²) in [4.78, 5) is 0. The molecular formula is C21H28Cl2O5. The fraction of sp³-hybridized carbons (Fsp3) is 0.524. The third kappa shape index (κ3) is 6.13. The minimum Gasteiger partial charge on any atom is -0.495 e. The van der Waals surface area contributed by atoms with E-state index in [2.05, 4.69) is 13.8 Å². The van der Waals surface area contributed by atoms with E-state index in [0.29, 0.717) is 10.8 Å². The molecule has 0 heterocycles. The Morgan fingerprint density at radius 2 is 1.79 bits per heavy atom. The monoisotopic (exact) mass is 430 g/mol. The molecule has 0 fully saturated rings. The molecule has 1 aliphatic carbocycles. The van der Waals surface area contributed by atoms with Crippen LogP contribution in [0, 0.1) is 0 Å². The maximum absolute atomic E-state index is 9.52. The smallest absolute Gasteiger partial charge is 0.138 e. The van der Waals surface area contributed by atoms with E-state index < -0.39 is 12.2 Å². The molecule has 3 N–H and O–H groups in total. The van der Waals surface area contributed by atoms with Gasteiger partial charge in [0.2, 0.25) is 0 Å². The highest BCUT2D eigenvalue weighted by Gasteiger charge is 2.27. The highest BCUT2D eigenvalue weighted by Crippen LogP contribution is 2.39. The second kappa shape index (κ2) is 10.5. The van der Waals surface area contributed by atoms with Crippen molar-refractivity contribution in [1.29, 1.82) is 0 Å². The number of hydrogen-bond acceptors (Lipinski definition) is 5. The molecule has 2 atom stereocenters. The van der Waals surface area contributed by atoms with Crippen LogP contribution in [0.25, 0.3) is 0 Å². The third-order valence-electron chi connectivity index (χ3n) is 4.85. The molecule has 28 heavy (non-hydrogen) atoms. The van der Waals surface area contributed by atoms with Gasteiger partial charge in [0, 0.05) is 11.8 Å². The van der Waals surface area contributed by atoms with Crippen LogP contribution in [0.2, 0.25) is 5.02 Å². The number of ether oxygens (including phenoxy) is 2. The van der Waals surface area contributed by atoms with Gasteiger partial charge in [0.1, 0.15) is 31.2 Å². The number of benzene rings is 1. The number of allylic oxidation sites excluding steroid dienone is 4. The minimum absolute atomic E-state index is 0.0877. The van der Waals surface area contributed by atoms with Crippen molar-refractivity contribution in [3.63, 3.8) is 0 Å². The molecule has 156 valence electrons. The van der Waals surface area contributed by atoms with E-state index >= 15 is 0 Å². The van der Waals surface area contributed by atoms with Crippen molar-refractivity contribution < 1.29 is 24.8 Å². The first-order chi connectivity index (χ1) is 13.3. The normalized spacial score (nSPS) is 16.8. The molecule has 0 saturated carbocycles. The van der Waals surface area contributed by atoms with Gasteiger partial charge in [-0.3, -0.25) is 0 Å². The standard InChI is InChI=1S/C21H28Cl2O5/c1-21(2,14-3-6-18(7-4-14)27-13-17(26)11-24)15-5-8-20(19(23)9-15)28-12-16(25)10-22/h3,5-6,8-9,16-17,24-26H,4,7,10-13H2,1-2H3/t16-,17-/m1/s1. The molecule has 0 aliphatic heterocycles. The van der Waals surface area contributed by atoms with Gasteiger partial charge in [0.15, 0.2) is 0 Å². The molecule has 0 unspecified atom stereocenters. The van der Waals surface area contributed by atoms with Crippen molar-refractivity contribution in [2.75, 3.05) is 25.7 Å². The summed E-state index contributed by atoms with van der Waals surface area (Å²) < 4.78 is 11.1. The van der Waals surface area contributed by atoms with E-state index in [1.165, 1.54) is 5.57 Å². The highest BCUT2D eigenvalue weighted by atomic mass is 35.5. The summed E-state index contributed by atoms with van der Waals surface area (Å²) in [5, 5.41) is 28.2. The lowest BCUT2D eigenvalue weighted by Crippen LogP contribution is -2.23. The van der Waals surface area contributed by atoms with E-state index in [0.717, 1.165) is 24.2 Å². The SMILES string of the molecule is CC(C)(C1=CC=C(OC[C@H](O)CO)CC1)c1ccc(OC[C@H](O)CCl)c(Cl)c1. The van der Waals surface area contributed by atoms with E-state index in [4.69, 9.17) is 37.8 Å². The predicted octanol–water partition coefficient (Wildman–Crippen LogP) is 3.57. The topological polar surface area (TPSA) is 79.2 Å². The van der Waals surface area contributed by atoms with Crippen LogP contribution in [-0.2, 0) is 10.2 Å². The number of hydrogen-bond donors (Lipinski definition) is 3. The average Bonchev–Trinajstić information content (AvgIpc) is 2.70. The Morgan fingerprint density at radius 3 is 2.36 bits per heavy atom. The number of aliphatic hydroxyl groups is 3. The van der Waals surface area contributed by atoms with Crippen molar-refractivity contribution in [1.82, 2.24) is 0 Å². The summed E-state index contributed by atoms with van der Waals surface area (Å²) in [6.07, 6.45) is 3.92. The Bertz CT molecular complexity index is 715. The van der Waals surface area contributed by atoms with Crippen LogP contribution < -0.4 is 4.74 Å². The van der Waals surface area contributed by atoms with Crippen LogP contribution in [-0.4, -0.2) is 53.2 Å². The first kappa shape index (κ1) is 23.0. The van der Waals surface area contributed by atoms with Gasteiger partial charge in [-0.25, -0.2) is 0 Å². The number of rotatable bonds is 10. The van der Waals surface area contributed by atoms with Crippen molar-refractivity contribution >= 4 is 23.2 Å². The van der Waals surface area contributed by atoms with Gasteiger partial charge >= 0.3 is 0 Å². The van der Waals surface area contributed by atoms with Crippen LogP contribution in [0.4, 0.5) is 0 Å². The van der Waals surface area contributed by atoms with Gasteiger partial charge in [-0.1, -0.05) is 43.2 Å². The molecule has 5 nitrogen and oxygen atoms in total. The molecule has 0 spiro atoms. The van der Waals surface area contributed by atoms with Gasteiger partial charge in [0.05, 0.1) is 23.3 Å². The lowest BCUT2D eigenvalue weighted by Gasteiger charge is -2.31. The summed E-state index contributed by atoms with van der Waals surface area (Å²) in [5.41, 5.74) is 2.07. The van der Waals surface area contributed by atoms with Crippen LogP contribution >= 0.6 is 23.2 Å². The van der Waals surface area contributed by atoms with Crippen molar-refractivity contribution in [2.45, 2.75) is 44.3 Å². The van der Waals surface area contributed by atoms with Crippen molar-refractivity contribution in [3.05, 3.63) is 52.3 Å². The molecule has 1 aromatic rings. The number of alkyl halides is 1. The lowest BCUT2D eigenvalue weighted by atomic mass is 9.74. The molecule has 0 bridgehead atoms. The number of halogens is 2. The molecule has 2 rings (SSSR count). The average molecular weight is 431 g/mol. The molecular weight excluding hydrogens is 403 g/mol. The van der Waals surface area contributed by atoms with Crippen molar-refractivity contribution in [2.24, 2.45) is 0 Å². The maximum atomic E-state index is 9.52. The molecule has 1 aliphatic rings. The van der Waals surface area contributed by atoms with Gasteiger partial charge < -0.3 is 24.8 Å². The summed E-state index contributed by atoms with van der Waals surface area (Å²) in [6, 6.07) is 5.67. The predicted molar refractivity (Wildman–Crippen MR) is 111 cm³/mol. The second-order valence-corrected chi connectivity index (χ2v) is 8.08. The summed E-state index contributed by atoms with van der Waals surface area (Å²) in [6.45, 7) is 4.14. The van der Waals surface area contributed by atoms with Gasteiger partial charge in [0.25, 0.3) is 0 Å². The second-order valence-electron chi connectivity index (χ2n) is 7.36. The quantitative estimate of drug-likeness (QED) is 0.494. The Balaban J connectivity index is 2.08. The zero-order valence-electron chi connectivity index (χ0n) is 16.2. The van der Waals surface area contributed by atoms with E-state index in [-0.39, 0.29) is 31.1 Å². The Labute approximate surface area is 176 Å². The fourth-order valence-corrected chi connectivity index (χ4v) is 3.26. The Morgan fingerprint density at radius 1 is 1.07 bits per heavy atom. The van der Waals surface area contributed by atoms with Gasteiger partial charge in [-0.2, -0.15) is 0 Å². The Hall–Kier alpha value is -1.24. The molecule has 0 saturated heterocycles. The fourth-order valence-electron chi connectivity index (χ4n) is 2.94. The molecule has 0 aromatic heterocycles. The third-order valence-corrected chi connectivity index (χ3v) is 5.50. The first-order valence-corrected chi connectivity index (χ1v) is 10.2. The highest BCUT2D eigenvalue weighted by molar-refractivity contribution is 6.32. The van der Waals surface area contributed by atoms with Crippen molar-refractivity contribution in [3.8, 4) is 5.75 Å². The number of aliphatic hydroxyl groups excluding tert-OH is 3. The van der Waals surface area contributed by atoms with Crippen LogP contribution in [0.3, 0.4) is 0 Å². The molecule has 0 amide bonds. The molecule has 1 aromatic carbocycles. The van der Waals surface area contributed by atoms with Crippen LogP contribution in [0.5, 0.6) is 5.75 Å². The first-order valence-electron chi connectivity index (χ1n) is 9.26. The minimum atomic E-state index is -0.865. The summed E-state index contributed by atoms with van der Waals surface area (Å²) in [5.74, 6) is 1.42. The maximum Gasteiger partial charge on any atom is 0.138 e. The van der Waals surface area contributed by atoms with E-state index in [1.807, 2.05) is 30.4 Å². The Kier molecular flexibility index (Phi) is 8.65. The lowest BCUT2D eigenvalue weighted by molar-refractivity contribution is 0.0281. The zero-order valence-corrected chi connectivity index (χ0v) is 17.7. The largest absolute Gasteiger partial charge is 0.495 e. The molecule has 7 heteroatoms. The van der Waals surface area contributed by atoms with Crippen LogP contribution in [0.1, 0.15) is 32.3 Å². The molecule has 0 radical (unpaired) electrons. The van der Waals surface area contributed by atoms with Gasteiger partial charge in [-0.15, -0.1) is 11.6 Å². The summed E-state index contributed by atoms with van der Waals surface area (Å²) >= 11 is 11.9. The van der Waals surface area contributed by atoms with Gasteiger partial charge in [-0.05, 0) is 30.2 Å². The van der Waals surface area contributed by atoms with E-state index in [9.17, 15) is 10.2 Å². The van der Waals surface area contributed by atoms with E-state index in [1.54, 1.807) is 0 Å². The zero-order chi connectivity index (χ0) is 20.7.